The lowest BCUT2D eigenvalue weighted by Gasteiger charge is -2.49. The summed E-state index contributed by atoms with van der Waals surface area (Å²) in [6.07, 6.45) is 1.77. The molecule has 0 spiro atoms. The predicted molar refractivity (Wildman–Crippen MR) is 168 cm³/mol. The Balaban J connectivity index is 1.65. The lowest BCUT2D eigenvalue weighted by atomic mass is 9.63. The number of hydrogen-bond acceptors (Lipinski definition) is 6. The number of benzene rings is 2. The second-order valence-corrected chi connectivity index (χ2v) is 14.4. The summed E-state index contributed by atoms with van der Waals surface area (Å²) >= 11 is 2.18. The van der Waals surface area contributed by atoms with Crippen LogP contribution < -0.4 is 9.47 Å². The van der Waals surface area contributed by atoms with Crippen LogP contribution in [0, 0.1) is 20.2 Å². The van der Waals surface area contributed by atoms with Gasteiger partial charge < -0.3 is 19.5 Å². The average Bonchev–Trinajstić information content (AvgIpc) is 2.90. The summed E-state index contributed by atoms with van der Waals surface area (Å²) in [5, 5.41) is 9.58. The van der Waals surface area contributed by atoms with E-state index in [0.717, 1.165) is 26.1 Å². The normalized spacial score (nSPS) is 19.7. The SMILES string of the molecule is COc1cc(C2C3=C(CC(C)(C)CC3=O)N(CCC(=O)O)C3=C2C(=O)CC(C)(C)C3)cc(I)c1OCc1ccc(F)cc1. The zero-order chi connectivity index (χ0) is 31.3. The fourth-order valence-electron chi connectivity index (χ4n) is 6.64. The molecule has 1 aliphatic heterocycles. The predicted octanol–water partition coefficient (Wildman–Crippen LogP) is 7.18. The molecule has 1 heterocycles. The van der Waals surface area contributed by atoms with E-state index in [1.54, 1.807) is 19.2 Å². The second kappa shape index (κ2) is 11.7. The highest BCUT2D eigenvalue weighted by atomic mass is 127. The van der Waals surface area contributed by atoms with E-state index in [9.17, 15) is 23.9 Å². The van der Waals surface area contributed by atoms with Crippen molar-refractivity contribution >= 4 is 40.1 Å². The zero-order valence-corrected chi connectivity index (χ0v) is 27.3. The summed E-state index contributed by atoms with van der Waals surface area (Å²) in [5.41, 5.74) is 3.74. The molecule has 0 amide bonds. The third kappa shape index (κ3) is 6.37. The first-order valence-electron chi connectivity index (χ1n) is 14.5. The van der Waals surface area contributed by atoms with Crippen LogP contribution in [-0.2, 0) is 21.0 Å². The fourth-order valence-corrected chi connectivity index (χ4v) is 7.42. The first-order valence-corrected chi connectivity index (χ1v) is 15.5. The fraction of sp³-hybridized carbons (Fsp3) is 0.441. The van der Waals surface area contributed by atoms with Crippen molar-refractivity contribution in [1.29, 1.82) is 0 Å². The van der Waals surface area contributed by atoms with E-state index in [4.69, 9.17) is 9.47 Å². The van der Waals surface area contributed by atoms with Gasteiger partial charge in [0.2, 0.25) is 0 Å². The molecule has 2 aromatic carbocycles. The quantitative estimate of drug-likeness (QED) is 0.292. The van der Waals surface area contributed by atoms with Gasteiger partial charge in [0, 0.05) is 47.8 Å². The molecule has 228 valence electrons. The Morgan fingerprint density at radius 3 is 2.05 bits per heavy atom. The lowest BCUT2D eigenvalue weighted by Crippen LogP contribution is -2.45. The number of allylic oxidation sites excluding steroid dienone is 4. The Morgan fingerprint density at radius 2 is 1.53 bits per heavy atom. The molecular weight excluding hydrogens is 664 g/mol. The standard InChI is InChI=1S/C34H37FINO6/c1-33(2)14-23-30(25(38)16-33)29(31-24(37(23)11-10-28(40)41)15-34(3,4)17-26(31)39)20-12-22(36)32(27(13-20)42-5)43-18-19-6-8-21(35)9-7-19/h6-9,12-13,29H,10-11,14-18H2,1-5H3,(H,40,41). The van der Waals surface area contributed by atoms with Gasteiger partial charge in [-0.3, -0.25) is 14.4 Å². The number of ketones is 2. The van der Waals surface area contributed by atoms with Crippen molar-refractivity contribution < 1.29 is 33.4 Å². The number of nitrogens with zero attached hydrogens (tertiary/aromatic N) is 1. The van der Waals surface area contributed by atoms with Gasteiger partial charge in [-0.1, -0.05) is 39.8 Å². The van der Waals surface area contributed by atoms with E-state index in [1.165, 1.54) is 12.1 Å². The number of rotatable bonds is 8. The molecule has 2 aromatic rings. The number of halogens is 2. The Morgan fingerprint density at radius 1 is 0.977 bits per heavy atom. The summed E-state index contributed by atoms with van der Waals surface area (Å²) < 4.78 is 26.0. The molecule has 0 fully saturated rings. The zero-order valence-electron chi connectivity index (χ0n) is 25.2. The van der Waals surface area contributed by atoms with Gasteiger partial charge in [0.25, 0.3) is 0 Å². The number of methoxy groups -OCH3 is 1. The molecule has 0 bridgehead atoms. The van der Waals surface area contributed by atoms with Crippen LogP contribution in [-0.4, -0.2) is 41.2 Å². The Labute approximate surface area is 265 Å². The number of ether oxygens (including phenoxy) is 2. The Hall–Kier alpha value is -3.21. The first kappa shape index (κ1) is 31.2. The maximum absolute atomic E-state index is 14.0. The largest absolute Gasteiger partial charge is 0.493 e. The molecule has 3 aliphatic rings. The molecule has 0 radical (unpaired) electrons. The molecule has 5 rings (SSSR count). The van der Waals surface area contributed by atoms with Gasteiger partial charge >= 0.3 is 5.97 Å². The van der Waals surface area contributed by atoms with Crippen LogP contribution in [0.2, 0.25) is 0 Å². The lowest BCUT2D eigenvalue weighted by molar-refractivity contribution is -0.137. The Kier molecular flexibility index (Phi) is 8.50. The molecule has 7 nitrogen and oxygen atoms in total. The van der Waals surface area contributed by atoms with Crippen LogP contribution in [0.15, 0.2) is 58.9 Å². The van der Waals surface area contributed by atoms with E-state index in [0.29, 0.717) is 48.3 Å². The molecule has 1 N–H and O–H groups in total. The van der Waals surface area contributed by atoms with Crippen molar-refractivity contribution in [1.82, 2.24) is 4.90 Å². The van der Waals surface area contributed by atoms with E-state index in [-0.39, 0.29) is 47.8 Å². The van der Waals surface area contributed by atoms with Crippen LogP contribution in [0.5, 0.6) is 11.5 Å². The number of carboxylic acids is 1. The smallest absolute Gasteiger partial charge is 0.305 e. The minimum Gasteiger partial charge on any atom is -0.493 e. The molecule has 0 aromatic heterocycles. The van der Waals surface area contributed by atoms with Crippen molar-refractivity contribution in [2.45, 2.75) is 72.3 Å². The third-order valence-electron chi connectivity index (χ3n) is 8.45. The van der Waals surface area contributed by atoms with Gasteiger partial charge in [0.1, 0.15) is 12.4 Å². The summed E-state index contributed by atoms with van der Waals surface area (Å²) in [6.45, 7) is 8.62. The van der Waals surface area contributed by atoms with E-state index >= 15 is 0 Å². The molecular formula is C34H37FINO6. The van der Waals surface area contributed by atoms with Gasteiger partial charge in [-0.05, 0) is 81.7 Å². The van der Waals surface area contributed by atoms with Gasteiger partial charge in [-0.2, -0.15) is 0 Å². The molecule has 0 unspecified atom stereocenters. The van der Waals surface area contributed by atoms with Crippen LogP contribution in [0.3, 0.4) is 0 Å². The number of Topliss-reactive ketones (excluding diaryl/α,β-unsaturated/α-hetero) is 2. The summed E-state index contributed by atoms with van der Waals surface area (Å²) in [5.74, 6) is -0.897. The Bertz CT molecular complexity index is 1500. The van der Waals surface area contributed by atoms with Crippen LogP contribution in [0.1, 0.15) is 76.8 Å². The molecule has 0 saturated heterocycles. The molecule has 0 atom stereocenters. The summed E-state index contributed by atoms with van der Waals surface area (Å²) in [7, 11) is 1.55. The number of carbonyl (C=O) groups excluding carboxylic acids is 2. The second-order valence-electron chi connectivity index (χ2n) is 13.3. The summed E-state index contributed by atoms with van der Waals surface area (Å²) in [6, 6.07) is 9.87. The maximum atomic E-state index is 14.0. The van der Waals surface area contributed by atoms with Crippen molar-refractivity contribution in [3.8, 4) is 11.5 Å². The highest BCUT2D eigenvalue weighted by Gasteiger charge is 2.49. The van der Waals surface area contributed by atoms with E-state index in [1.807, 2.05) is 17.0 Å². The van der Waals surface area contributed by atoms with Gasteiger partial charge in [0.15, 0.2) is 23.1 Å². The van der Waals surface area contributed by atoms with Crippen molar-refractivity contribution in [3.63, 3.8) is 0 Å². The van der Waals surface area contributed by atoms with Crippen LogP contribution in [0.4, 0.5) is 4.39 Å². The molecule has 2 aliphatic carbocycles. The van der Waals surface area contributed by atoms with Crippen LogP contribution in [0.25, 0.3) is 0 Å². The average molecular weight is 702 g/mol. The first-order chi connectivity index (χ1) is 20.2. The minimum absolute atomic E-state index is 0.0219. The number of carboxylic acid groups (broad SMARTS) is 1. The highest BCUT2D eigenvalue weighted by molar-refractivity contribution is 14.1. The molecule has 0 saturated carbocycles. The van der Waals surface area contributed by atoms with Crippen molar-refractivity contribution in [2.75, 3.05) is 13.7 Å². The topological polar surface area (TPSA) is 93.1 Å². The number of aliphatic carboxylic acids is 1. The van der Waals surface area contributed by atoms with Crippen LogP contribution >= 0.6 is 22.6 Å². The molecule has 9 heteroatoms. The van der Waals surface area contributed by atoms with Gasteiger partial charge in [-0.15, -0.1) is 0 Å². The third-order valence-corrected chi connectivity index (χ3v) is 9.25. The van der Waals surface area contributed by atoms with E-state index in [2.05, 4.69) is 50.3 Å². The van der Waals surface area contributed by atoms with Gasteiger partial charge in [-0.25, -0.2) is 4.39 Å². The number of hydrogen-bond donors (Lipinski definition) is 1. The van der Waals surface area contributed by atoms with E-state index < -0.39 is 11.9 Å². The summed E-state index contributed by atoms with van der Waals surface area (Å²) in [4.78, 5) is 41.7. The highest BCUT2D eigenvalue weighted by Crippen LogP contribution is 2.55. The van der Waals surface area contributed by atoms with Gasteiger partial charge in [0.05, 0.1) is 17.1 Å². The minimum atomic E-state index is -0.926. The monoisotopic (exact) mass is 701 g/mol. The number of carbonyl (C=O) groups is 3. The van der Waals surface area contributed by atoms with Crippen molar-refractivity contribution in [2.24, 2.45) is 10.8 Å². The molecule has 43 heavy (non-hydrogen) atoms. The maximum Gasteiger partial charge on any atom is 0.305 e. The van der Waals surface area contributed by atoms with Crippen molar-refractivity contribution in [3.05, 3.63) is 79.5 Å².